The van der Waals surface area contributed by atoms with Gasteiger partial charge in [0.15, 0.2) is 0 Å². The molecule has 0 unspecified atom stereocenters. The van der Waals surface area contributed by atoms with Gasteiger partial charge in [-0.15, -0.1) is 11.8 Å². The number of anilines is 2. The van der Waals surface area contributed by atoms with Crippen LogP contribution in [0.2, 0.25) is 0 Å². The molecule has 2 aromatic rings. The first-order valence-electron chi connectivity index (χ1n) is 9.59. The number of thioether (sulfide) groups is 1. The van der Waals surface area contributed by atoms with Crippen LogP contribution in [0.25, 0.3) is 0 Å². The van der Waals surface area contributed by atoms with Gasteiger partial charge in [0.1, 0.15) is 0 Å². The summed E-state index contributed by atoms with van der Waals surface area (Å²) in [6.45, 7) is 6.58. The summed E-state index contributed by atoms with van der Waals surface area (Å²) in [6.07, 6.45) is 0.882. The van der Waals surface area contributed by atoms with Gasteiger partial charge in [-0.25, -0.2) is 0 Å². The Hall–Kier alpha value is -2.47. The highest BCUT2D eigenvalue weighted by Crippen LogP contribution is 2.13. The Labute approximate surface area is 171 Å². The average molecular weight is 400 g/mol. The van der Waals surface area contributed by atoms with E-state index in [-0.39, 0.29) is 23.3 Å². The van der Waals surface area contributed by atoms with E-state index in [4.69, 9.17) is 0 Å². The van der Waals surface area contributed by atoms with Crippen LogP contribution in [0.15, 0.2) is 54.6 Å². The van der Waals surface area contributed by atoms with Crippen molar-refractivity contribution in [1.82, 2.24) is 5.32 Å². The van der Waals surface area contributed by atoms with Crippen LogP contribution in [-0.2, 0) is 9.59 Å². The number of hydrogen-bond acceptors (Lipinski definition) is 4. The summed E-state index contributed by atoms with van der Waals surface area (Å²) in [5.41, 5.74) is 3.08. The van der Waals surface area contributed by atoms with Crippen molar-refractivity contribution in [1.29, 1.82) is 0 Å². The average Bonchev–Trinajstić information content (AvgIpc) is 2.69. The number of nitrogens with zero attached hydrogens (tertiary/aromatic N) is 1. The van der Waals surface area contributed by atoms with Crippen LogP contribution in [-0.4, -0.2) is 43.0 Å². The minimum Gasteiger partial charge on any atom is -0.372 e. The third-order valence-corrected chi connectivity index (χ3v) is 5.13. The number of benzene rings is 2. The predicted octanol–water partition coefficient (Wildman–Crippen LogP) is 3.70. The molecule has 0 radical (unpaired) electrons. The molecule has 0 aliphatic heterocycles. The van der Waals surface area contributed by atoms with Crippen molar-refractivity contribution in [3.05, 3.63) is 60.2 Å². The van der Waals surface area contributed by atoms with Gasteiger partial charge in [-0.1, -0.05) is 30.3 Å². The normalized spacial score (nSPS) is 10.4. The molecule has 2 rings (SSSR count). The summed E-state index contributed by atoms with van der Waals surface area (Å²) in [5.74, 6) is 0.428. The first kappa shape index (κ1) is 21.8. The molecule has 2 aromatic carbocycles. The second kappa shape index (κ2) is 12.1. The molecular formula is C22H29N3O2S. The third-order valence-electron chi connectivity index (χ3n) is 4.20. The summed E-state index contributed by atoms with van der Waals surface area (Å²) in [6, 6.07) is 17.9. The number of rotatable bonds is 11. The van der Waals surface area contributed by atoms with Crippen LogP contribution in [0.5, 0.6) is 0 Å². The van der Waals surface area contributed by atoms with E-state index in [1.807, 2.05) is 49.4 Å². The Kier molecular flexibility index (Phi) is 9.42. The van der Waals surface area contributed by atoms with Crippen molar-refractivity contribution < 1.29 is 9.59 Å². The zero-order valence-corrected chi connectivity index (χ0v) is 17.4. The second-order valence-electron chi connectivity index (χ2n) is 6.53. The van der Waals surface area contributed by atoms with Gasteiger partial charge >= 0.3 is 0 Å². The van der Waals surface area contributed by atoms with Gasteiger partial charge in [0.25, 0.3) is 0 Å². The molecule has 0 heterocycles. The summed E-state index contributed by atoms with van der Waals surface area (Å²) in [4.78, 5) is 26.2. The summed E-state index contributed by atoms with van der Waals surface area (Å²) >= 11 is 1.32. The zero-order valence-electron chi connectivity index (χ0n) is 16.6. The molecule has 0 bridgehead atoms. The van der Waals surface area contributed by atoms with Gasteiger partial charge in [-0.3, -0.25) is 9.59 Å². The molecule has 0 saturated heterocycles. The quantitative estimate of drug-likeness (QED) is 0.566. The largest absolute Gasteiger partial charge is 0.372 e. The van der Waals surface area contributed by atoms with Crippen LogP contribution in [0.3, 0.4) is 0 Å². The Morgan fingerprint density at radius 3 is 2.46 bits per heavy atom. The highest BCUT2D eigenvalue weighted by atomic mass is 32.2. The maximum atomic E-state index is 11.9. The summed E-state index contributed by atoms with van der Waals surface area (Å²) in [5, 5.41) is 5.77. The molecule has 6 heteroatoms. The number of amides is 2. The van der Waals surface area contributed by atoms with E-state index in [0.29, 0.717) is 6.54 Å². The highest BCUT2D eigenvalue weighted by molar-refractivity contribution is 8.00. The van der Waals surface area contributed by atoms with Crippen LogP contribution >= 0.6 is 11.8 Å². The minimum absolute atomic E-state index is 0.0314. The fraction of sp³-hybridized carbons (Fsp3) is 0.364. The van der Waals surface area contributed by atoms with E-state index in [0.717, 1.165) is 30.8 Å². The SMILES string of the molecule is CCN(CCCNC(=O)CSCC(=O)Nc1cccc(C)c1)c1ccccc1. The lowest BCUT2D eigenvalue weighted by Gasteiger charge is -2.23. The van der Waals surface area contributed by atoms with Gasteiger partial charge in [0.2, 0.25) is 11.8 Å². The van der Waals surface area contributed by atoms with Gasteiger partial charge in [-0.05, 0) is 50.1 Å². The van der Waals surface area contributed by atoms with Crippen molar-refractivity contribution in [2.75, 3.05) is 41.4 Å². The number of nitrogens with one attached hydrogen (secondary N) is 2. The molecule has 5 nitrogen and oxygen atoms in total. The van der Waals surface area contributed by atoms with Gasteiger partial charge in [0.05, 0.1) is 11.5 Å². The molecule has 0 atom stereocenters. The molecule has 0 spiro atoms. The van der Waals surface area contributed by atoms with E-state index >= 15 is 0 Å². The molecule has 150 valence electrons. The lowest BCUT2D eigenvalue weighted by Crippen LogP contribution is -2.31. The monoisotopic (exact) mass is 399 g/mol. The molecular weight excluding hydrogens is 370 g/mol. The zero-order chi connectivity index (χ0) is 20.2. The number of para-hydroxylation sites is 1. The molecule has 0 aliphatic rings. The van der Waals surface area contributed by atoms with E-state index < -0.39 is 0 Å². The lowest BCUT2D eigenvalue weighted by atomic mass is 10.2. The van der Waals surface area contributed by atoms with E-state index in [9.17, 15) is 9.59 Å². The van der Waals surface area contributed by atoms with Crippen molar-refractivity contribution in [3.8, 4) is 0 Å². The maximum Gasteiger partial charge on any atom is 0.234 e. The minimum atomic E-state index is -0.0927. The number of hydrogen-bond donors (Lipinski definition) is 2. The first-order chi connectivity index (χ1) is 13.6. The van der Waals surface area contributed by atoms with Gasteiger partial charge in [-0.2, -0.15) is 0 Å². The molecule has 28 heavy (non-hydrogen) atoms. The predicted molar refractivity (Wildman–Crippen MR) is 119 cm³/mol. The smallest absolute Gasteiger partial charge is 0.234 e. The number of carbonyl (C=O) groups excluding carboxylic acids is 2. The van der Waals surface area contributed by atoms with E-state index in [2.05, 4.69) is 34.6 Å². The molecule has 0 saturated carbocycles. The molecule has 2 N–H and O–H groups in total. The molecule has 0 fully saturated rings. The van der Waals surface area contributed by atoms with Crippen LogP contribution < -0.4 is 15.5 Å². The molecule has 0 aromatic heterocycles. The Morgan fingerprint density at radius 2 is 1.75 bits per heavy atom. The van der Waals surface area contributed by atoms with Crippen molar-refractivity contribution in [2.24, 2.45) is 0 Å². The Bertz CT molecular complexity index is 752. The van der Waals surface area contributed by atoms with Crippen LogP contribution in [0, 0.1) is 6.92 Å². The number of aryl methyl sites for hydroxylation is 1. The molecule has 2 amide bonds. The third kappa shape index (κ3) is 8.05. The standard InChI is InChI=1S/C22H29N3O2S/c1-3-25(20-11-5-4-6-12-20)14-8-13-23-21(26)16-28-17-22(27)24-19-10-7-9-18(2)15-19/h4-7,9-12,15H,3,8,13-14,16-17H2,1-2H3,(H,23,26)(H,24,27). The fourth-order valence-electron chi connectivity index (χ4n) is 2.81. The summed E-state index contributed by atoms with van der Waals surface area (Å²) in [7, 11) is 0. The number of carbonyl (C=O) groups is 2. The van der Waals surface area contributed by atoms with Crippen LogP contribution in [0.4, 0.5) is 11.4 Å². The van der Waals surface area contributed by atoms with E-state index in [1.54, 1.807) is 0 Å². The van der Waals surface area contributed by atoms with Gasteiger partial charge < -0.3 is 15.5 Å². The van der Waals surface area contributed by atoms with Crippen molar-refractivity contribution >= 4 is 35.0 Å². The van der Waals surface area contributed by atoms with Crippen LogP contribution in [0.1, 0.15) is 18.9 Å². The maximum absolute atomic E-state index is 11.9. The van der Waals surface area contributed by atoms with Crippen molar-refractivity contribution in [2.45, 2.75) is 20.3 Å². The molecule has 0 aliphatic carbocycles. The topological polar surface area (TPSA) is 61.4 Å². The summed E-state index contributed by atoms with van der Waals surface area (Å²) < 4.78 is 0. The van der Waals surface area contributed by atoms with Gasteiger partial charge in [0, 0.05) is 31.0 Å². The fourth-order valence-corrected chi connectivity index (χ4v) is 3.46. The second-order valence-corrected chi connectivity index (χ2v) is 7.51. The Morgan fingerprint density at radius 1 is 1.00 bits per heavy atom. The first-order valence-corrected chi connectivity index (χ1v) is 10.7. The lowest BCUT2D eigenvalue weighted by molar-refractivity contribution is -0.118. The van der Waals surface area contributed by atoms with Crippen molar-refractivity contribution in [3.63, 3.8) is 0 Å². The highest BCUT2D eigenvalue weighted by Gasteiger charge is 2.07. The Balaban J connectivity index is 1.58. The van der Waals surface area contributed by atoms with E-state index in [1.165, 1.54) is 17.4 Å².